The van der Waals surface area contributed by atoms with Gasteiger partial charge in [0.1, 0.15) is 0 Å². The molecule has 0 aliphatic heterocycles. The minimum Gasteiger partial charge on any atom is -0.396 e. The van der Waals surface area contributed by atoms with Gasteiger partial charge in [0.15, 0.2) is 0 Å². The number of halogens is 1. The molecule has 19 heavy (non-hydrogen) atoms. The van der Waals surface area contributed by atoms with Crippen molar-refractivity contribution < 1.29 is 14.7 Å². The minimum absolute atomic E-state index is 0.150. The quantitative estimate of drug-likeness (QED) is 0.549. The van der Waals surface area contributed by atoms with E-state index in [2.05, 4.69) is 26.6 Å². The predicted molar refractivity (Wildman–Crippen MR) is 76.7 cm³/mol. The molecule has 0 heterocycles. The molecular formula is C13H17BrN2O3. The standard InChI is InChI=1S/C13H17BrN2O3/c14-10-5-4-6-11(9-10)16-13(19)12(18)15-7-2-1-3-8-17/h4-6,9,17H,1-3,7-8H2,(H,15,18)(H,16,19). The fourth-order valence-corrected chi connectivity index (χ4v) is 1.85. The fourth-order valence-electron chi connectivity index (χ4n) is 1.45. The van der Waals surface area contributed by atoms with Crippen molar-refractivity contribution in [3.8, 4) is 0 Å². The molecule has 6 heteroatoms. The number of benzene rings is 1. The van der Waals surface area contributed by atoms with E-state index in [0.717, 1.165) is 17.3 Å². The lowest BCUT2D eigenvalue weighted by molar-refractivity contribution is -0.136. The maximum absolute atomic E-state index is 11.6. The second kappa shape index (κ2) is 8.66. The Balaban J connectivity index is 2.31. The number of anilines is 1. The molecule has 5 nitrogen and oxygen atoms in total. The van der Waals surface area contributed by atoms with E-state index < -0.39 is 11.8 Å². The highest BCUT2D eigenvalue weighted by molar-refractivity contribution is 9.10. The molecule has 2 amide bonds. The summed E-state index contributed by atoms with van der Waals surface area (Å²) in [6.45, 7) is 0.585. The molecule has 1 aromatic rings. The Hall–Kier alpha value is -1.40. The molecule has 0 radical (unpaired) electrons. The highest BCUT2D eigenvalue weighted by Crippen LogP contribution is 2.15. The molecular weight excluding hydrogens is 312 g/mol. The van der Waals surface area contributed by atoms with E-state index >= 15 is 0 Å². The van der Waals surface area contributed by atoms with Gasteiger partial charge in [-0.05, 0) is 37.5 Å². The number of rotatable bonds is 6. The summed E-state index contributed by atoms with van der Waals surface area (Å²) in [5.41, 5.74) is 0.565. The van der Waals surface area contributed by atoms with Crippen LogP contribution in [-0.4, -0.2) is 30.1 Å². The van der Waals surface area contributed by atoms with Crippen LogP contribution >= 0.6 is 15.9 Å². The second-order valence-corrected chi connectivity index (χ2v) is 4.92. The minimum atomic E-state index is -0.680. The van der Waals surface area contributed by atoms with Crippen molar-refractivity contribution in [1.29, 1.82) is 0 Å². The maximum Gasteiger partial charge on any atom is 0.313 e. The van der Waals surface area contributed by atoms with Gasteiger partial charge in [0.05, 0.1) is 0 Å². The average Bonchev–Trinajstić information content (AvgIpc) is 2.38. The van der Waals surface area contributed by atoms with Gasteiger partial charge in [-0.15, -0.1) is 0 Å². The van der Waals surface area contributed by atoms with Gasteiger partial charge in [-0.1, -0.05) is 22.0 Å². The molecule has 0 saturated carbocycles. The summed E-state index contributed by atoms with van der Waals surface area (Å²) < 4.78 is 0.828. The number of aliphatic hydroxyl groups is 1. The van der Waals surface area contributed by atoms with E-state index in [9.17, 15) is 9.59 Å². The summed E-state index contributed by atoms with van der Waals surface area (Å²) >= 11 is 3.28. The topological polar surface area (TPSA) is 78.4 Å². The molecule has 1 rings (SSSR count). The lowest BCUT2D eigenvalue weighted by atomic mass is 10.2. The predicted octanol–water partition coefficient (Wildman–Crippen LogP) is 1.67. The molecule has 0 saturated heterocycles. The maximum atomic E-state index is 11.6. The highest BCUT2D eigenvalue weighted by atomic mass is 79.9. The number of hydrogen-bond donors (Lipinski definition) is 3. The number of carbonyl (C=O) groups is 2. The highest BCUT2D eigenvalue weighted by Gasteiger charge is 2.12. The van der Waals surface area contributed by atoms with Crippen LogP contribution in [-0.2, 0) is 9.59 Å². The lowest BCUT2D eigenvalue weighted by Crippen LogP contribution is -2.35. The van der Waals surface area contributed by atoms with Crippen LogP contribution < -0.4 is 10.6 Å². The zero-order valence-corrected chi connectivity index (χ0v) is 12.1. The van der Waals surface area contributed by atoms with Crippen LogP contribution in [0.5, 0.6) is 0 Å². The number of nitrogens with one attached hydrogen (secondary N) is 2. The van der Waals surface area contributed by atoms with Crippen molar-refractivity contribution in [1.82, 2.24) is 5.32 Å². The summed E-state index contributed by atoms with van der Waals surface area (Å²) in [5.74, 6) is -1.33. The Labute approximate surface area is 120 Å². The first-order chi connectivity index (χ1) is 9.13. The van der Waals surface area contributed by atoms with E-state index in [1.165, 1.54) is 0 Å². The van der Waals surface area contributed by atoms with Crippen molar-refractivity contribution in [2.75, 3.05) is 18.5 Å². The number of amides is 2. The summed E-state index contributed by atoms with van der Waals surface area (Å²) in [6.07, 6.45) is 2.28. The molecule has 0 aliphatic carbocycles. The molecule has 0 unspecified atom stereocenters. The zero-order chi connectivity index (χ0) is 14.1. The second-order valence-electron chi connectivity index (χ2n) is 4.00. The summed E-state index contributed by atoms with van der Waals surface area (Å²) in [5, 5.41) is 13.6. The number of carbonyl (C=O) groups excluding carboxylic acids is 2. The van der Waals surface area contributed by atoms with Gasteiger partial charge in [0.2, 0.25) is 0 Å². The Morgan fingerprint density at radius 1 is 1.16 bits per heavy atom. The molecule has 0 fully saturated rings. The monoisotopic (exact) mass is 328 g/mol. The third-order valence-electron chi connectivity index (χ3n) is 2.41. The van der Waals surface area contributed by atoms with Crippen molar-refractivity contribution in [2.45, 2.75) is 19.3 Å². The van der Waals surface area contributed by atoms with E-state index in [4.69, 9.17) is 5.11 Å². The van der Waals surface area contributed by atoms with Crippen LogP contribution in [0.25, 0.3) is 0 Å². The largest absolute Gasteiger partial charge is 0.396 e. The smallest absolute Gasteiger partial charge is 0.313 e. The van der Waals surface area contributed by atoms with E-state index in [0.29, 0.717) is 18.7 Å². The zero-order valence-electron chi connectivity index (χ0n) is 10.5. The van der Waals surface area contributed by atoms with Crippen molar-refractivity contribution in [2.24, 2.45) is 0 Å². The van der Waals surface area contributed by atoms with E-state index in [1.54, 1.807) is 18.2 Å². The van der Waals surface area contributed by atoms with E-state index in [-0.39, 0.29) is 6.61 Å². The first-order valence-electron chi connectivity index (χ1n) is 6.09. The van der Waals surface area contributed by atoms with Gasteiger partial charge in [0, 0.05) is 23.3 Å². The molecule has 0 atom stereocenters. The van der Waals surface area contributed by atoms with Gasteiger partial charge in [-0.3, -0.25) is 9.59 Å². The molecule has 0 bridgehead atoms. The SMILES string of the molecule is O=C(NCCCCCO)C(=O)Nc1cccc(Br)c1. The van der Waals surface area contributed by atoms with Crippen molar-refractivity contribution in [3.63, 3.8) is 0 Å². The Morgan fingerprint density at radius 3 is 2.63 bits per heavy atom. The third-order valence-corrected chi connectivity index (χ3v) is 2.90. The summed E-state index contributed by atoms with van der Waals surface area (Å²) in [4.78, 5) is 23.0. The van der Waals surface area contributed by atoms with E-state index in [1.807, 2.05) is 6.07 Å². The molecule has 0 aromatic heterocycles. The molecule has 3 N–H and O–H groups in total. The molecule has 1 aromatic carbocycles. The van der Waals surface area contributed by atoms with Gasteiger partial charge in [-0.25, -0.2) is 0 Å². The number of unbranched alkanes of at least 4 members (excludes halogenated alkanes) is 2. The van der Waals surface area contributed by atoms with Crippen LogP contribution in [0.4, 0.5) is 5.69 Å². The van der Waals surface area contributed by atoms with Crippen molar-refractivity contribution in [3.05, 3.63) is 28.7 Å². The molecule has 0 spiro atoms. The first kappa shape index (κ1) is 15.7. The number of hydrogen-bond acceptors (Lipinski definition) is 3. The van der Waals surface area contributed by atoms with Crippen LogP contribution in [0.15, 0.2) is 28.7 Å². The third kappa shape index (κ3) is 6.35. The van der Waals surface area contributed by atoms with Gasteiger partial charge >= 0.3 is 11.8 Å². The summed E-state index contributed by atoms with van der Waals surface area (Å²) in [6, 6.07) is 7.02. The van der Waals surface area contributed by atoms with Gasteiger partial charge in [0.25, 0.3) is 0 Å². The Morgan fingerprint density at radius 2 is 1.95 bits per heavy atom. The van der Waals surface area contributed by atoms with Gasteiger partial charge in [-0.2, -0.15) is 0 Å². The number of aliphatic hydroxyl groups excluding tert-OH is 1. The van der Waals surface area contributed by atoms with Crippen LogP contribution in [0, 0.1) is 0 Å². The van der Waals surface area contributed by atoms with Gasteiger partial charge < -0.3 is 15.7 Å². The Kier molecular flexibility index (Phi) is 7.14. The van der Waals surface area contributed by atoms with Crippen LogP contribution in [0.3, 0.4) is 0 Å². The van der Waals surface area contributed by atoms with Crippen LogP contribution in [0.2, 0.25) is 0 Å². The lowest BCUT2D eigenvalue weighted by Gasteiger charge is -2.06. The fraction of sp³-hybridized carbons (Fsp3) is 0.385. The summed E-state index contributed by atoms with van der Waals surface area (Å²) in [7, 11) is 0. The first-order valence-corrected chi connectivity index (χ1v) is 6.88. The van der Waals surface area contributed by atoms with Crippen LogP contribution in [0.1, 0.15) is 19.3 Å². The normalized spacial score (nSPS) is 10.0. The van der Waals surface area contributed by atoms with Crippen molar-refractivity contribution >= 4 is 33.4 Å². The molecule has 104 valence electrons. The average molecular weight is 329 g/mol. The molecule has 0 aliphatic rings. The Bertz CT molecular complexity index is 438.